The van der Waals surface area contributed by atoms with E-state index in [4.69, 9.17) is 10.5 Å². The third-order valence-electron chi connectivity index (χ3n) is 5.00. The number of nitrogens with zero attached hydrogens (tertiary/aromatic N) is 5. The summed E-state index contributed by atoms with van der Waals surface area (Å²) in [6.07, 6.45) is 4.32. The monoisotopic (exact) mass is 445 g/mol. The number of benzene rings is 2. The highest BCUT2D eigenvalue weighted by atomic mass is 32.1. The van der Waals surface area contributed by atoms with Crippen molar-refractivity contribution in [2.45, 2.75) is 19.6 Å². The molecular formula is C22H19N7O2S. The van der Waals surface area contributed by atoms with Gasteiger partial charge in [0.25, 0.3) is 5.91 Å². The molecule has 0 spiro atoms. The molecule has 1 unspecified atom stereocenters. The number of aromatic nitrogens is 5. The molecule has 1 atom stereocenters. The summed E-state index contributed by atoms with van der Waals surface area (Å²) in [6.45, 7) is 2.23. The Balaban J connectivity index is 1.48. The SMILES string of the molecule is CC(Oc1cccc2ncnc(Nc3ccc4c(cnn4Cc4nccs4)c3)c12)C(N)=O. The van der Waals surface area contributed by atoms with E-state index >= 15 is 0 Å². The molecule has 5 rings (SSSR count). The maximum absolute atomic E-state index is 11.5. The van der Waals surface area contributed by atoms with Crippen molar-refractivity contribution in [2.75, 3.05) is 5.32 Å². The summed E-state index contributed by atoms with van der Waals surface area (Å²) in [7, 11) is 0. The number of primary amides is 1. The van der Waals surface area contributed by atoms with Crippen molar-refractivity contribution >= 4 is 50.6 Å². The van der Waals surface area contributed by atoms with Crippen LogP contribution in [0, 0.1) is 0 Å². The molecule has 0 aliphatic carbocycles. The molecule has 0 radical (unpaired) electrons. The number of nitrogens with two attached hydrogens (primary N) is 1. The van der Waals surface area contributed by atoms with E-state index in [1.807, 2.05) is 46.6 Å². The average Bonchev–Trinajstić information content (AvgIpc) is 3.44. The number of hydrogen-bond donors (Lipinski definition) is 2. The Labute approximate surface area is 186 Å². The molecule has 0 bridgehead atoms. The maximum Gasteiger partial charge on any atom is 0.258 e. The highest BCUT2D eigenvalue weighted by molar-refractivity contribution is 7.09. The lowest BCUT2D eigenvalue weighted by atomic mass is 10.2. The fourth-order valence-corrected chi connectivity index (χ4v) is 4.00. The van der Waals surface area contributed by atoms with E-state index in [1.54, 1.807) is 30.5 Å². The third kappa shape index (κ3) is 3.83. The first-order valence-corrected chi connectivity index (χ1v) is 10.8. The lowest BCUT2D eigenvalue weighted by molar-refractivity contribution is -0.123. The van der Waals surface area contributed by atoms with Gasteiger partial charge in [-0.15, -0.1) is 11.3 Å². The molecule has 2 aromatic carbocycles. The van der Waals surface area contributed by atoms with E-state index in [-0.39, 0.29) is 0 Å². The van der Waals surface area contributed by atoms with Gasteiger partial charge in [0.1, 0.15) is 22.9 Å². The van der Waals surface area contributed by atoms with Crippen LogP contribution in [0.15, 0.2) is 60.5 Å². The Morgan fingerprint density at radius 2 is 2.16 bits per heavy atom. The van der Waals surface area contributed by atoms with Gasteiger partial charge in [-0.25, -0.2) is 15.0 Å². The fourth-order valence-electron chi connectivity index (χ4n) is 3.41. The molecule has 10 heteroatoms. The van der Waals surface area contributed by atoms with E-state index in [0.29, 0.717) is 29.0 Å². The van der Waals surface area contributed by atoms with Gasteiger partial charge >= 0.3 is 0 Å². The van der Waals surface area contributed by atoms with Gasteiger partial charge in [0.2, 0.25) is 0 Å². The zero-order valence-corrected chi connectivity index (χ0v) is 17.9. The molecule has 0 aliphatic rings. The molecular weight excluding hydrogens is 426 g/mol. The zero-order valence-electron chi connectivity index (χ0n) is 17.1. The smallest absolute Gasteiger partial charge is 0.258 e. The highest BCUT2D eigenvalue weighted by Gasteiger charge is 2.16. The van der Waals surface area contributed by atoms with Gasteiger partial charge in [-0.05, 0) is 37.3 Å². The van der Waals surface area contributed by atoms with E-state index in [9.17, 15) is 4.79 Å². The first kappa shape index (κ1) is 19.9. The van der Waals surface area contributed by atoms with E-state index in [0.717, 1.165) is 21.6 Å². The van der Waals surface area contributed by atoms with Crippen LogP contribution in [0.1, 0.15) is 11.9 Å². The Kier molecular flexibility index (Phi) is 5.12. The van der Waals surface area contributed by atoms with Crippen LogP contribution in [0.2, 0.25) is 0 Å². The fraction of sp³-hybridized carbons (Fsp3) is 0.136. The molecule has 32 heavy (non-hydrogen) atoms. The number of carbonyl (C=O) groups is 1. The zero-order chi connectivity index (χ0) is 22.1. The topological polar surface area (TPSA) is 121 Å². The van der Waals surface area contributed by atoms with E-state index in [2.05, 4.69) is 25.4 Å². The second kappa shape index (κ2) is 8.23. The van der Waals surface area contributed by atoms with Gasteiger partial charge < -0.3 is 15.8 Å². The van der Waals surface area contributed by atoms with Crippen molar-refractivity contribution in [3.63, 3.8) is 0 Å². The number of carbonyl (C=O) groups excluding carboxylic acids is 1. The third-order valence-corrected chi connectivity index (χ3v) is 5.77. The van der Waals surface area contributed by atoms with Crippen molar-refractivity contribution in [1.82, 2.24) is 24.7 Å². The van der Waals surface area contributed by atoms with Gasteiger partial charge in [0.05, 0.1) is 29.2 Å². The second-order valence-corrected chi connectivity index (χ2v) is 8.14. The summed E-state index contributed by atoms with van der Waals surface area (Å²) >= 11 is 1.60. The summed E-state index contributed by atoms with van der Waals surface area (Å²) in [5.74, 6) is 0.500. The Hall–Kier alpha value is -4.05. The Bertz CT molecular complexity index is 1410. The van der Waals surface area contributed by atoms with Crippen molar-refractivity contribution in [3.05, 3.63) is 65.5 Å². The first-order valence-electron chi connectivity index (χ1n) is 9.89. The summed E-state index contributed by atoms with van der Waals surface area (Å²) < 4.78 is 7.70. The van der Waals surface area contributed by atoms with Crippen LogP contribution >= 0.6 is 11.3 Å². The number of anilines is 2. The van der Waals surface area contributed by atoms with E-state index < -0.39 is 12.0 Å². The van der Waals surface area contributed by atoms with Crippen LogP contribution in [-0.4, -0.2) is 36.7 Å². The predicted molar refractivity (Wildman–Crippen MR) is 123 cm³/mol. The summed E-state index contributed by atoms with van der Waals surface area (Å²) in [5, 5.41) is 12.5. The van der Waals surface area contributed by atoms with Crippen LogP contribution < -0.4 is 15.8 Å². The van der Waals surface area contributed by atoms with Gasteiger partial charge in [-0.3, -0.25) is 9.48 Å². The lowest BCUT2D eigenvalue weighted by Gasteiger charge is -2.15. The molecule has 160 valence electrons. The number of hydrogen-bond acceptors (Lipinski definition) is 8. The Morgan fingerprint density at radius 3 is 2.97 bits per heavy atom. The molecule has 1 amide bonds. The van der Waals surface area contributed by atoms with Gasteiger partial charge in [0, 0.05) is 22.7 Å². The molecule has 5 aromatic rings. The summed E-state index contributed by atoms with van der Waals surface area (Å²) in [4.78, 5) is 24.5. The molecule has 3 heterocycles. The molecule has 0 fully saturated rings. The quantitative estimate of drug-likeness (QED) is 0.393. The van der Waals surface area contributed by atoms with Crippen molar-refractivity contribution < 1.29 is 9.53 Å². The summed E-state index contributed by atoms with van der Waals surface area (Å²) in [6, 6.07) is 11.4. The number of fused-ring (bicyclic) bond motifs is 2. The molecule has 0 saturated heterocycles. The number of amides is 1. The van der Waals surface area contributed by atoms with Gasteiger partial charge in [-0.2, -0.15) is 5.10 Å². The van der Waals surface area contributed by atoms with Crippen LogP contribution in [-0.2, 0) is 11.3 Å². The average molecular weight is 446 g/mol. The minimum Gasteiger partial charge on any atom is -0.480 e. The van der Waals surface area contributed by atoms with Crippen LogP contribution in [0.5, 0.6) is 5.75 Å². The minimum absolute atomic E-state index is 0.481. The van der Waals surface area contributed by atoms with Crippen molar-refractivity contribution in [2.24, 2.45) is 5.73 Å². The largest absolute Gasteiger partial charge is 0.480 e. The lowest BCUT2D eigenvalue weighted by Crippen LogP contribution is -2.30. The van der Waals surface area contributed by atoms with Crippen molar-refractivity contribution in [1.29, 1.82) is 0 Å². The van der Waals surface area contributed by atoms with Crippen LogP contribution in [0.25, 0.3) is 21.8 Å². The molecule has 3 N–H and O–H groups in total. The first-order chi connectivity index (χ1) is 15.6. The molecule has 9 nitrogen and oxygen atoms in total. The standard InChI is InChI=1S/C22H19N7O2S/c1-13(21(23)30)31-18-4-2-3-16-20(18)22(26-12-25-16)28-15-5-6-17-14(9-15)10-27-29(17)11-19-24-7-8-32-19/h2-10,12-13H,11H2,1H3,(H2,23,30)(H,25,26,28). The van der Waals surface area contributed by atoms with Crippen LogP contribution in [0.4, 0.5) is 11.5 Å². The molecule has 3 aromatic heterocycles. The number of rotatable bonds is 7. The number of ether oxygens (including phenoxy) is 1. The maximum atomic E-state index is 11.5. The Morgan fingerprint density at radius 1 is 1.25 bits per heavy atom. The second-order valence-electron chi connectivity index (χ2n) is 7.16. The van der Waals surface area contributed by atoms with Gasteiger partial charge in [0.15, 0.2) is 6.10 Å². The predicted octanol–water partition coefficient (Wildman–Crippen LogP) is 3.48. The molecule has 0 aliphatic heterocycles. The van der Waals surface area contributed by atoms with E-state index in [1.165, 1.54) is 6.33 Å². The minimum atomic E-state index is -0.784. The number of thiazole rings is 1. The van der Waals surface area contributed by atoms with Gasteiger partial charge in [-0.1, -0.05) is 6.07 Å². The normalized spacial score (nSPS) is 12.2. The number of nitrogens with one attached hydrogen (secondary N) is 1. The highest BCUT2D eigenvalue weighted by Crippen LogP contribution is 2.32. The summed E-state index contributed by atoms with van der Waals surface area (Å²) in [5.41, 5.74) is 7.90. The van der Waals surface area contributed by atoms with Crippen LogP contribution in [0.3, 0.4) is 0 Å². The molecule has 0 saturated carbocycles. The van der Waals surface area contributed by atoms with Crippen molar-refractivity contribution in [3.8, 4) is 5.75 Å².